The van der Waals surface area contributed by atoms with Crippen molar-refractivity contribution in [3.8, 4) is 0 Å². The molecule has 0 bridgehead atoms. The fourth-order valence-electron chi connectivity index (χ4n) is 3.12. The standard InChI is InChI=1S/C20H19ClO4S/c1-4-20(2)18(14-7-11-16(12-8-14)26(3,23)24)17(19(22)25-20)13-5-9-15(21)10-6-13/h5-12H,4H2,1-3H3. The van der Waals surface area contributed by atoms with Crippen molar-refractivity contribution in [2.45, 2.75) is 30.8 Å². The van der Waals surface area contributed by atoms with Gasteiger partial charge in [-0.2, -0.15) is 0 Å². The Kier molecular flexibility index (Phi) is 4.71. The Hall–Kier alpha value is -2.11. The minimum atomic E-state index is -3.29. The van der Waals surface area contributed by atoms with E-state index in [1.165, 1.54) is 6.26 Å². The maximum Gasteiger partial charge on any atom is 0.340 e. The highest BCUT2D eigenvalue weighted by Crippen LogP contribution is 2.45. The van der Waals surface area contributed by atoms with Crippen LogP contribution in [-0.2, 0) is 19.4 Å². The number of benzene rings is 2. The highest BCUT2D eigenvalue weighted by molar-refractivity contribution is 7.90. The average Bonchev–Trinajstić information content (AvgIpc) is 2.86. The van der Waals surface area contributed by atoms with Crippen LogP contribution in [0.1, 0.15) is 31.4 Å². The summed E-state index contributed by atoms with van der Waals surface area (Å²) in [6, 6.07) is 13.6. The predicted octanol–water partition coefficient (Wildman–Crippen LogP) is 4.38. The molecule has 0 spiro atoms. The number of sulfone groups is 1. The third-order valence-electron chi connectivity index (χ3n) is 4.68. The SMILES string of the molecule is CCC1(C)OC(=O)C(c2ccc(Cl)cc2)=C1c1ccc(S(C)(=O)=O)cc1. The summed E-state index contributed by atoms with van der Waals surface area (Å²) >= 11 is 5.96. The van der Waals surface area contributed by atoms with Crippen LogP contribution in [0.5, 0.6) is 0 Å². The van der Waals surface area contributed by atoms with E-state index < -0.39 is 15.4 Å². The lowest BCUT2D eigenvalue weighted by Gasteiger charge is -2.25. The van der Waals surface area contributed by atoms with Gasteiger partial charge in [0, 0.05) is 16.9 Å². The summed E-state index contributed by atoms with van der Waals surface area (Å²) in [4.78, 5) is 12.9. The molecule has 2 aromatic rings. The first-order chi connectivity index (χ1) is 12.2. The Balaban J connectivity index is 2.22. The largest absolute Gasteiger partial charge is 0.451 e. The zero-order valence-corrected chi connectivity index (χ0v) is 16.3. The quantitative estimate of drug-likeness (QED) is 0.727. The first kappa shape index (κ1) is 18.7. The van der Waals surface area contributed by atoms with Crippen molar-refractivity contribution in [2.75, 3.05) is 6.26 Å². The van der Waals surface area contributed by atoms with Crippen LogP contribution in [0.4, 0.5) is 0 Å². The summed E-state index contributed by atoms with van der Waals surface area (Å²) in [5.41, 5.74) is 1.94. The first-order valence-electron chi connectivity index (χ1n) is 8.20. The van der Waals surface area contributed by atoms with Crippen LogP contribution in [0, 0.1) is 0 Å². The predicted molar refractivity (Wildman–Crippen MR) is 103 cm³/mol. The molecule has 0 aromatic heterocycles. The van der Waals surface area contributed by atoms with E-state index in [9.17, 15) is 13.2 Å². The number of cyclic esters (lactones) is 1. The molecule has 4 nitrogen and oxygen atoms in total. The molecular weight excluding hydrogens is 372 g/mol. The minimum absolute atomic E-state index is 0.235. The van der Waals surface area contributed by atoms with Crippen LogP contribution in [-0.4, -0.2) is 26.2 Å². The van der Waals surface area contributed by atoms with E-state index in [2.05, 4.69) is 0 Å². The van der Waals surface area contributed by atoms with E-state index in [1.54, 1.807) is 48.5 Å². The normalized spacial score (nSPS) is 20.4. The second-order valence-corrected chi connectivity index (χ2v) is 8.98. The number of hydrogen-bond acceptors (Lipinski definition) is 4. The highest BCUT2D eigenvalue weighted by atomic mass is 35.5. The minimum Gasteiger partial charge on any atom is -0.451 e. The van der Waals surface area contributed by atoms with Crippen molar-refractivity contribution in [2.24, 2.45) is 0 Å². The number of esters is 1. The summed E-state index contributed by atoms with van der Waals surface area (Å²) in [6.45, 7) is 3.82. The van der Waals surface area contributed by atoms with Gasteiger partial charge in [0.2, 0.25) is 0 Å². The van der Waals surface area contributed by atoms with Gasteiger partial charge in [0.1, 0.15) is 5.60 Å². The van der Waals surface area contributed by atoms with Gasteiger partial charge in [0.05, 0.1) is 10.5 Å². The number of hydrogen-bond donors (Lipinski definition) is 0. The van der Waals surface area contributed by atoms with Crippen molar-refractivity contribution in [3.63, 3.8) is 0 Å². The third kappa shape index (κ3) is 3.29. The Bertz CT molecular complexity index is 989. The van der Waals surface area contributed by atoms with E-state index in [0.29, 0.717) is 17.0 Å². The van der Waals surface area contributed by atoms with E-state index >= 15 is 0 Å². The summed E-state index contributed by atoms with van der Waals surface area (Å²) in [5.74, 6) is -0.390. The number of carbonyl (C=O) groups excluding carboxylic acids is 1. The molecule has 26 heavy (non-hydrogen) atoms. The zero-order valence-electron chi connectivity index (χ0n) is 14.7. The maximum absolute atomic E-state index is 12.6. The van der Waals surface area contributed by atoms with Gasteiger partial charge in [0.15, 0.2) is 9.84 Å². The summed E-state index contributed by atoms with van der Waals surface area (Å²) in [5, 5.41) is 0.582. The van der Waals surface area contributed by atoms with Gasteiger partial charge >= 0.3 is 5.97 Å². The van der Waals surface area contributed by atoms with Crippen LogP contribution in [0.2, 0.25) is 5.02 Å². The maximum atomic E-state index is 12.6. The molecule has 1 heterocycles. The van der Waals surface area contributed by atoms with E-state index in [0.717, 1.165) is 16.7 Å². The molecule has 0 N–H and O–H groups in total. The lowest BCUT2D eigenvalue weighted by atomic mass is 9.84. The Morgan fingerprint density at radius 3 is 2.04 bits per heavy atom. The molecule has 1 aliphatic rings. The van der Waals surface area contributed by atoms with Crippen molar-refractivity contribution in [1.29, 1.82) is 0 Å². The van der Waals surface area contributed by atoms with Crippen LogP contribution in [0.25, 0.3) is 11.1 Å². The van der Waals surface area contributed by atoms with Crippen LogP contribution >= 0.6 is 11.6 Å². The zero-order chi connectivity index (χ0) is 19.1. The lowest BCUT2D eigenvalue weighted by Crippen LogP contribution is -2.26. The molecule has 136 valence electrons. The second-order valence-electron chi connectivity index (χ2n) is 6.53. The van der Waals surface area contributed by atoms with Gasteiger partial charge in [-0.25, -0.2) is 13.2 Å². The molecule has 3 rings (SSSR count). The van der Waals surface area contributed by atoms with E-state index in [4.69, 9.17) is 16.3 Å². The molecule has 0 aliphatic carbocycles. The number of halogens is 1. The third-order valence-corrected chi connectivity index (χ3v) is 6.06. The number of carbonyl (C=O) groups is 1. The van der Waals surface area contributed by atoms with Gasteiger partial charge < -0.3 is 4.74 Å². The fourth-order valence-corrected chi connectivity index (χ4v) is 3.88. The van der Waals surface area contributed by atoms with Gasteiger partial charge in [-0.3, -0.25) is 0 Å². The van der Waals surface area contributed by atoms with Crippen molar-refractivity contribution in [1.82, 2.24) is 0 Å². The Labute approximate surface area is 158 Å². The lowest BCUT2D eigenvalue weighted by molar-refractivity contribution is -0.143. The van der Waals surface area contributed by atoms with E-state index in [1.807, 2.05) is 13.8 Å². The molecule has 0 fully saturated rings. The molecule has 1 atom stereocenters. The van der Waals surface area contributed by atoms with Crippen molar-refractivity contribution < 1.29 is 17.9 Å². The first-order valence-corrected chi connectivity index (χ1v) is 10.5. The van der Waals surface area contributed by atoms with Gasteiger partial charge in [0.25, 0.3) is 0 Å². The second kappa shape index (κ2) is 6.56. The Morgan fingerprint density at radius 2 is 1.54 bits per heavy atom. The highest BCUT2D eigenvalue weighted by Gasteiger charge is 2.43. The van der Waals surface area contributed by atoms with Gasteiger partial charge in [-0.1, -0.05) is 42.8 Å². The molecule has 0 amide bonds. The molecule has 0 saturated carbocycles. The van der Waals surface area contributed by atoms with Gasteiger partial charge in [-0.05, 0) is 48.7 Å². The summed E-state index contributed by atoms with van der Waals surface area (Å²) in [7, 11) is -3.29. The summed E-state index contributed by atoms with van der Waals surface area (Å²) < 4.78 is 29.1. The van der Waals surface area contributed by atoms with Gasteiger partial charge in [-0.15, -0.1) is 0 Å². The average molecular weight is 391 g/mol. The molecule has 0 radical (unpaired) electrons. The molecule has 2 aromatic carbocycles. The fraction of sp³-hybridized carbons (Fsp3) is 0.250. The molecule has 1 unspecified atom stereocenters. The molecule has 6 heteroatoms. The smallest absolute Gasteiger partial charge is 0.340 e. The summed E-state index contributed by atoms with van der Waals surface area (Å²) in [6.07, 6.45) is 1.76. The van der Waals surface area contributed by atoms with Crippen LogP contribution < -0.4 is 0 Å². The molecule has 0 saturated heterocycles. The topological polar surface area (TPSA) is 60.4 Å². The number of rotatable bonds is 4. The van der Waals surface area contributed by atoms with Crippen molar-refractivity contribution in [3.05, 3.63) is 64.7 Å². The van der Waals surface area contributed by atoms with Crippen LogP contribution in [0.15, 0.2) is 53.4 Å². The van der Waals surface area contributed by atoms with Crippen molar-refractivity contribution >= 4 is 38.6 Å². The van der Waals surface area contributed by atoms with E-state index in [-0.39, 0.29) is 10.9 Å². The van der Waals surface area contributed by atoms with Crippen LogP contribution in [0.3, 0.4) is 0 Å². The molecule has 1 aliphatic heterocycles. The molecular formula is C20H19ClO4S. The Morgan fingerprint density at radius 1 is 1.00 bits per heavy atom. The monoisotopic (exact) mass is 390 g/mol. The number of ether oxygens (including phenoxy) is 1.